The Morgan fingerprint density at radius 3 is 2.64 bits per heavy atom. The van der Waals surface area contributed by atoms with E-state index in [4.69, 9.17) is 14.6 Å². The van der Waals surface area contributed by atoms with Gasteiger partial charge in [0.2, 0.25) is 0 Å². The van der Waals surface area contributed by atoms with E-state index in [9.17, 15) is 9.59 Å². The van der Waals surface area contributed by atoms with Gasteiger partial charge in [-0.25, -0.2) is 4.79 Å². The SMILES string of the molecule is COc1ccc(COCCCNC(=O)c2cc(C(=O)O)ccn2)cc1. The Kier molecular flexibility index (Phi) is 6.91. The summed E-state index contributed by atoms with van der Waals surface area (Å²) in [6.07, 6.45) is 1.94. The number of nitrogens with one attached hydrogen (secondary N) is 1. The summed E-state index contributed by atoms with van der Waals surface area (Å²) in [7, 11) is 1.62. The van der Waals surface area contributed by atoms with E-state index in [1.54, 1.807) is 7.11 Å². The number of hydrogen-bond acceptors (Lipinski definition) is 5. The summed E-state index contributed by atoms with van der Waals surface area (Å²) in [6.45, 7) is 1.40. The van der Waals surface area contributed by atoms with E-state index in [-0.39, 0.29) is 11.3 Å². The van der Waals surface area contributed by atoms with Crippen LogP contribution in [0.2, 0.25) is 0 Å². The molecule has 7 nitrogen and oxygen atoms in total. The lowest BCUT2D eigenvalue weighted by Crippen LogP contribution is -2.26. The van der Waals surface area contributed by atoms with Crippen LogP contribution in [0, 0.1) is 0 Å². The zero-order valence-corrected chi connectivity index (χ0v) is 13.9. The van der Waals surface area contributed by atoms with E-state index in [0.717, 1.165) is 11.3 Å². The second-order valence-electron chi connectivity index (χ2n) is 5.25. The molecular weight excluding hydrogens is 324 g/mol. The van der Waals surface area contributed by atoms with Gasteiger partial charge in [-0.15, -0.1) is 0 Å². The molecule has 0 spiro atoms. The van der Waals surface area contributed by atoms with Crippen LogP contribution >= 0.6 is 0 Å². The second-order valence-corrected chi connectivity index (χ2v) is 5.25. The van der Waals surface area contributed by atoms with E-state index in [1.165, 1.54) is 18.3 Å². The van der Waals surface area contributed by atoms with Crippen molar-refractivity contribution in [2.75, 3.05) is 20.3 Å². The first-order valence-corrected chi connectivity index (χ1v) is 7.78. The average Bonchev–Trinajstić information content (AvgIpc) is 2.65. The van der Waals surface area contributed by atoms with Crippen LogP contribution < -0.4 is 10.1 Å². The predicted octanol–water partition coefficient (Wildman–Crippen LogP) is 2.13. The molecule has 132 valence electrons. The third-order valence-corrected chi connectivity index (χ3v) is 3.42. The lowest BCUT2D eigenvalue weighted by atomic mass is 10.2. The van der Waals surface area contributed by atoms with E-state index in [2.05, 4.69) is 10.3 Å². The predicted molar refractivity (Wildman–Crippen MR) is 90.8 cm³/mol. The number of carboxylic acids is 1. The van der Waals surface area contributed by atoms with Crippen LogP contribution in [0.1, 0.15) is 32.8 Å². The molecule has 0 bridgehead atoms. The number of methoxy groups -OCH3 is 1. The maximum absolute atomic E-state index is 11.9. The highest BCUT2D eigenvalue weighted by Crippen LogP contribution is 2.11. The summed E-state index contributed by atoms with van der Waals surface area (Å²) in [5.74, 6) is -0.700. The van der Waals surface area contributed by atoms with Crippen LogP contribution in [0.25, 0.3) is 0 Å². The molecule has 1 amide bonds. The van der Waals surface area contributed by atoms with Crippen molar-refractivity contribution in [2.24, 2.45) is 0 Å². The third kappa shape index (κ3) is 5.89. The van der Waals surface area contributed by atoms with Gasteiger partial charge in [0.05, 0.1) is 19.3 Å². The number of carbonyl (C=O) groups is 2. The molecule has 0 aliphatic heterocycles. The number of rotatable bonds is 9. The van der Waals surface area contributed by atoms with Crippen LogP contribution in [0.15, 0.2) is 42.6 Å². The van der Waals surface area contributed by atoms with Crippen molar-refractivity contribution < 1.29 is 24.2 Å². The summed E-state index contributed by atoms with van der Waals surface area (Å²) < 4.78 is 10.6. The van der Waals surface area contributed by atoms with Gasteiger partial charge in [-0.2, -0.15) is 0 Å². The van der Waals surface area contributed by atoms with Gasteiger partial charge >= 0.3 is 5.97 Å². The molecule has 0 radical (unpaired) electrons. The highest BCUT2D eigenvalue weighted by Gasteiger charge is 2.10. The quantitative estimate of drug-likeness (QED) is 0.676. The molecule has 0 aliphatic carbocycles. The number of hydrogen-bond donors (Lipinski definition) is 2. The van der Waals surface area contributed by atoms with Crippen LogP contribution in [0.3, 0.4) is 0 Å². The van der Waals surface area contributed by atoms with Gasteiger partial charge in [-0.1, -0.05) is 12.1 Å². The number of carboxylic acid groups (broad SMARTS) is 1. The zero-order valence-electron chi connectivity index (χ0n) is 13.9. The molecule has 1 aromatic heterocycles. The number of benzene rings is 1. The lowest BCUT2D eigenvalue weighted by molar-refractivity contribution is 0.0696. The molecule has 0 saturated carbocycles. The van der Waals surface area contributed by atoms with Crippen LogP contribution in [0.5, 0.6) is 5.75 Å². The monoisotopic (exact) mass is 344 g/mol. The molecule has 0 fully saturated rings. The molecule has 1 heterocycles. The van der Waals surface area contributed by atoms with E-state index in [1.807, 2.05) is 24.3 Å². The normalized spacial score (nSPS) is 10.3. The largest absolute Gasteiger partial charge is 0.497 e. The minimum atomic E-state index is -1.09. The maximum Gasteiger partial charge on any atom is 0.335 e. The van der Waals surface area contributed by atoms with Gasteiger partial charge in [0.1, 0.15) is 11.4 Å². The molecule has 2 aromatic rings. The minimum absolute atomic E-state index is 0.0305. The first-order valence-electron chi connectivity index (χ1n) is 7.78. The standard InChI is InChI=1S/C18H20N2O5/c1-24-15-5-3-13(4-6-15)12-25-10-2-8-20-17(21)16-11-14(18(22)23)7-9-19-16/h3-7,9,11H,2,8,10,12H2,1H3,(H,20,21)(H,22,23). The van der Waals surface area contributed by atoms with Crippen LogP contribution in [-0.2, 0) is 11.3 Å². The molecule has 1 aromatic carbocycles. The van der Waals surface area contributed by atoms with E-state index >= 15 is 0 Å². The Balaban J connectivity index is 1.66. The van der Waals surface area contributed by atoms with Crippen molar-refractivity contribution >= 4 is 11.9 Å². The number of nitrogens with zero attached hydrogens (tertiary/aromatic N) is 1. The lowest BCUT2D eigenvalue weighted by Gasteiger charge is -2.07. The topological polar surface area (TPSA) is 97.8 Å². The maximum atomic E-state index is 11.9. The number of pyridine rings is 1. The Labute approximate surface area is 145 Å². The Hall–Kier alpha value is -2.93. The van der Waals surface area contributed by atoms with E-state index in [0.29, 0.717) is 26.2 Å². The van der Waals surface area contributed by atoms with Crippen molar-refractivity contribution in [1.29, 1.82) is 0 Å². The Bertz CT molecular complexity index is 716. The molecule has 0 saturated heterocycles. The molecule has 2 N–H and O–H groups in total. The Morgan fingerprint density at radius 2 is 1.96 bits per heavy atom. The smallest absolute Gasteiger partial charge is 0.335 e. The van der Waals surface area contributed by atoms with Crippen molar-refractivity contribution in [2.45, 2.75) is 13.0 Å². The van der Waals surface area contributed by atoms with Gasteiger partial charge in [0.25, 0.3) is 5.91 Å². The number of ether oxygens (including phenoxy) is 2. The van der Waals surface area contributed by atoms with Crippen molar-refractivity contribution in [3.05, 3.63) is 59.4 Å². The fourth-order valence-corrected chi connectivity index (χ4v) is 2.07. The molecule has 0 aliphatic rings. The van der Waals surface area contributed by atoms with Crippen LogP contribution in [-0.4, -0.2) is 42.2 Å². The highest BCUT2D eigenvalue weighted by molar-refractivity contribution is 5.95. The Morgan fingerprint density at radius 1 is 1.20 bits per heavy atom. The van der Waals surface area contributed by atoms with Gasteiger partial charge in [-0.3, -0.25) is 9.78 Å². The van der Waals surface area contributed by atoms with Gasteiger partial charge in [0.15, 0.2) is 0 Å². The molecule has 0 atom stereocenters. The van der Waals surface area contributed by atoms with Crippen molar-refractivity contribution in [3.8, 4) is 5.75 Å². The number of aromatic nitrogens is 1. The molecule has 2 rings (SSSR count). The molecule has 25 heavy (non-hydrogen) atoms. The molecule has 7 heteroatoms. The molecular formula is C18H20N2O5. The summed E-state index contributed by atoms with van der Waals surface area (Å²) in [5, 5.41) is 11.6. The van der Waals surface area contributed by atoms with Gasteiger partial charge < -0.3 is 19.9 Å². The summed E-state index contributed by atoms with van der Waals surface area (Å²) >= 11 is 0. The minimum Gasteiger partial charge on any atom is -0.497 e. The zero-order chi connectivity index (χ0) is 18.1. The number of amides is 1. The van der Waals surface area contributed by atoms with Gasteiger partial charge in [-0.05, 0) is 36.2 Å². The van der Waals surface area contributed by atoms with Crippen molar-refractivity contribution in [3.63, 3.8) is 0 Å². The summed E-state index contributed by atoms with van der Waals surface area (Å²) in [5.41, 5.74) is 1.15. The van der Waals surface area contributed by atoms with E-state index < -0.39 is 11.9 Å². The average molecular weight is 344 g/mol. The fraction of sp³-hybridized carbons (Fsp3) is 0.278. The summed E-state index contributed by atoms with van der Waals surface area (Å²) in [6, 6.07) is 10.2. The first-order chi connectivity index (χ1) is 12.1. The number of aromatic carboxylic acids is 1. The number of carbonyl (C=O) groups excluding carboxylic acids is 1. The van der Waals surface area contributed by atoms with Gasteiger partial charge in [0, 0.05) is 19.3 Å². The highest BCUT2D eigenvalue weighted by atomic mass is 16.5. The molecule has 0 unspecified atom stereocenters. The van der Waals surface area contributed by atoms with Crippen LogP contribution in [0.4, 0.5) is 0 Å². The first kappa shape index (κ1) is 18.4. The fourth-order valence-electron chi connectivity index (χ4n) is 2.07. The summed E-state index contributed by atoms with van der Waals surface area (Å²) in [4.78, 5) is 26.7. The second kappa shape index (κ2) is 9.39. The third-order valence-electron chi connectivity index (χ3n) is 3.42. The van der Waals surface area contributed by atoms with Crippen molar-refractivity contribution in [1.82, 2.24) is 10.3 Å².